The lowest BCUT2D eigenvalue weighted by molar-refractivity contribution is 0.0996. The van der Waals surface area contributed by atoms with Gasteiger partial charge in [0.05, 0.1) is 0 Å². The fraction of sp³-hybridized carbons (Fsp3) is 0.438. The molecule has 1 amide bonds. The van der Waals surface area contributed by atoms with Crippen LogP contribution in [0.2, 0.25) is 0 Å². The van der Waals surface area contributed by atoms with E-state index in [0.29, 0.717) is 17.8 Å². The topological polar surface area (TPSA) is 87.9 Å². The zero-order valence-electron chi connectivity index (χ0n) is 13.5. The van der Waals surface area contributed by atoms with E-state index < -0.39 is 5.91 Å². The monoisotopic (exact) mass is 301 g/mol. The van der Waals surface area contributed by atoms with Crippen LogP contribution in [0.3, 0.4) is 0 Å². The molecule has 118 valence electrons. The second-order valence-corrected chi connectivity index (χ2v) is 5.94. The van der Waals surface area contributed by atoms with Crippen molar-refractivity contribution in [2.24, 2.45) is 5.73 Å². The Morgan fingerprint density at radius 2 is 1.73 bits per heavy atom. The van der Waals surface area contributed by atoms with Crippen LogP contribution in [0, 0.1) is 0 Å². The highest BCUT2D eigenvalue weighted by molar-refractivity contribution is 5.96. The van der Waals surface area contributed by atoms with E-state index in [1.807, 2.05) is 24.3 Å². The molecule has 0 aliphatic carbocycles. The molecule has 1 heterocycles. The predicted molar refractivity (Wildman–Crippen MR) is 86.2 cm³/mol. The Morgan fingerprint density at radius 3 is 2.23 bits per heavy atom. The summed E-state index contributed by atoms with van der Waals surface area (Å²) in [6.45, 7) is 9.68. The number of primary amides is 1. The Kier molecular flexibility index (Phi) is 4.92. The van der Waals surface area contributed by atoms with E-state index in [2.05, 4.69) is 48.0 Å². The summed E-state index contributed by atoms with van der Waals surface area (Å²) in [6, 6.07) is 8.95. The molecule has 0 fully saturated rings. The van der Waals surface area contributed by atoms with Crippen LogP contribution in [-0.4, -0.2) is 38.3 Å². The average molecular weight is 301 g/mol. The molecule has 1 aromatic carbocycles. The van der Waals surface area contributed by atoms with Gasteiger partial charge in [0.15, 0.2) is 5.69 Å². The first-order valence-corrected chi connectivity index (χ1v) is 7.45. The summed E-state index contributed by atoms with van der Waals surface area (Å²) in [6.07, 6.45) is 0. The number of benzene rings is 1. The molecular formula is C16H23N5O. The van der Waals surface area contributed by atoms with E-state index in [-0.39, 0.29) is 5.69 Å². The molecule has 0 radical (unpaired) electrons. The van der Waals surface area contributed by atoms with Crippen LogP contribution in [0.1, 0.15) is 43.7 Å². The van der Waals surface area contributed by atoms with E-state index in [1.165, 1.54) is 5.56 Å². The Labute approximate surface area is 130 Å². The van der Waals surface area contributed by atoms with Crippen LogP contribution in [-0.2, 0) is 6.54 Å². The van der Waals surface area contributed by atoms with Crippen molar-refractivity contribution in [3.8, 4) is 11.3 Å². The normalized spacial score (nSPS) is 11.6. The van der Waals surface area contributed by atoms with E-state index in [0.717, 1.165) is 12.1 Å². The number of aromatic amines is 1. The van der Waals surface area contributed by atoms with Crippen molar-refractivity contribution in [1.82, 2.24) is 20.3 Å². The third kappa shape index (κ3) is 3.51. The van der Waals surface area contributed by atoms with Crippen molar-refractivity contribution < 1.29 is 4.79 Å². The molecule has 0 spiro atoms. The average Bonchev–Trinajstić information content (AvgIpc) is 2.94. The van der Waals surface area contributed by atoms with Crippen LogP contribution in [0.15, 0.2) is 24.3 Å². The zero-order chi connectivity index (χ0) is 16.3. The van der Waals surface area contributed by atoms with Crippen LogP contribution in [0.4, 0.5) is 0 Å². The minimum absolute atomic E-state index is 0.165. The third-order valence-electron chi connectivity index (χ3n) is 3.70. The van der Waals surface area contributed by atoms with Gasteiger partial charge in [0.2, 0.25) is 0 Å². The van der Waals surface area contributed by atoms with Gasteiger partial charge in [-0.15, -0.1) is 0 Å². The van der Waals surface area contributed by atoms with Gasteiger partial charge < -0.3 is 5.73 Å². The minimum atomic E-state index is -0.585. The number of nitrogens with two attached hydrogens (primary N) is 1. The molecule has 0 bridgehead atoms. The number of H-pyrrole nitrogens is 1. The smallest absolute Gasteiger partial charge is 0.271 e. The molecule has 22 heavy (non-hydrogen) atoms. The largest absolute Gasteiger partial charge is 0.364 e. The number of amides is 1. The number of carbonyl (C=O) groups is 1. The van der Waals surface area contributed by atoms with E-state index in [4.69, 9.17) is 5.73 Å². The van der Waals surface area contributed by atoms with Crippen molar-refractivity contribution in [2.45, 2.75) is 46.3 Å². The van der Waals surface area contributed by atoms with Crippen LogP contribution < -0.4 is 5.73 Å². The highest BCUT2D eigenvalue weighted by Gasteiger charge is 2.16. The SMILES string of the molecule is CC(C)N(Cc1ccc(-c2n[nH]nc2C(N)=O)cc1)C(C)C. The molecular weight excluding hydrogens is 278 g/mol. The lowest BCUT2D eigenvalue weighted by Crippen LogP contribution is -2.36. The van der Waals surface area contributed by atoms with Gasteiger partial charge >= 0.3 is 0 Å². The summed E-state index contributed by atoms with van der Waals surface area (Å²) in [7, 11) is 0. The first kappa shape index (κ1) is 16.2. The van der Waals surface area contributed by atoms with Gasteiger partial charge in [-0.3, -0.25) is 9.69 Å². The quantitative estimate of drug-likeness (QED) is 0.856. The highest BCUT2D eigenvalue weighted by atomic mass is 16.1. The van der Waals surface area contributed by atoms with Gasteiger partial charge in [-0.05, 0) is 33.3 Å². The zero-order valence-corrected chi connectivity index (χ0v) is 13.5. The summed E-state index contributed by atoms with van der Waals surface area (Å²) in [5.41, 5.74) is 7.99. The Morgan fingerprint density at radius 1 is 1.14 bits per heavy atom. The van der Waals surface area contributed by atoms with E-state index >= 15 is 0 Å². The van der Waals surface area contributed by atoms with Gasteiger partial charge in [-0.2, -0.15) is 15.4 Å². The molecule has 0 atom stereocenters. The van der Waals surface area contributed by atoms with Gasteiger partial charge in [0.25, 0.3) is 5.91 Å². The fourth-order valence-electron chi connectivity index (χ4n) is 2.54. The number of nitrogens with zero attached hydrogens (tertiary/aromatic N) is 3. The second-order valence-electron chi connectivity index (χ2n) is 5.94. The number of nitrogens with one attached hydrogen (secondary N) is 1. The number of aromatic nitrogens is 3. The highest BCUT2D eigenvalue weighted by Crippen LogP contribution is 2.21. The second kappa shape index (κ2) is 6.70. The molecule has 6 heteroatoms. The molecule has 1 aromatic heterocycles. The van der Waals surface area contributed by atoms with Gasteiger partial charge in [0.1, 0.15) is 5.69 Å². The number of carbonyl (C=O) groups excluding carboxylic acids is 1. The van der Waals surface area contributed by atoms with Gasteiger partial charge in [-0.25, -0.2) is 0 Å². The Bertz CT molecular complexity index is 622. The molecule has 0 aliphatic heterocycles. The van der Waals surface area contributed by atoms with Crippen LogP contribution in [0.25, 0.3) is 11.3 Å². The van der Waals surface area contributed by atoms with Crippen molar-refractivity contribution in [1.29, 1.82) is 0 Å². The first-order chi connectivity index (χ1) is 10.4. The summed E-state index contributed by atoms with van der Waals surface area (Å²) in [5.74, 6) is -0.585. The van der Waals surface area contributed by atoms with Crippen molar-refractivity contribution in [3.63, 3.8) is 0 Å². The number of hydrogen-bond acceptors (Lipinski definition) is 4. The van der Waals surface area contributed by atoms with Gasteiger partial charge in [0, 0.05) is 24.2 Å². The standard InChI is InChI=1S/C16H23N5O/c1-10(2)21(11(3)4)9-12-5-7-13(8-6-12)14-15(16(17)22)19-20-18-14/h5-8,10-11H,9H2,1-4H3,(H2,17,22)(H,18,19,20). The van der Waals surface area contributed by atoms with E-state index in [9.17, 15) is 4.79 Å². The molecule has 2 rings (SSSR count). The van der Waals surface area contributed by atoms with Crippen molar-refractivity contribution in [2.75, 3.05) is 0 Å². The Hall–Kier alpha value is -2.21. The summed E-state index contributed by atoms with van der Waals surface area (Å²) >= 11 is 0. The molecule has 0 unspecified atom stereocenters. The molecule has 0 saturated heterocycles. The predicted octanol–water partition coefficient (Wildman–Crippen LogP) is 2.19. The maximum absolute atomic E-state index is 11.3. The molecule has 0 saturated carbocycles. The molecule has 0 aliphatic rings. The van der Waals surface area contributed by atoms with Crippen LogP contribution >= 0.6 is 0 Å². The fourth-order valence-corrected chi connectivity index (χ4v) is 2.54. The van der Waals surface area contributed by atoms with Crippen molar-refractivity contribution >= 4 is 5.91 Å². The summed E-state index contributed by atoms with van der Waals surface area (Å²) < 4.78 is 0. The summed E-state index contributed by atoms with van der Waals surface area (Å²) in [5, 5.41) is 10.2. The van der Waals surface area contributed by atoms with Crippen molar-refractivity contribution in [3.05, 3.63) is 35.5 Å². The minimum Gasteiger partial charge on any atom is -0.364 e. The maximum Gasteiger partial charge on any atom is 0.271 e. The molecule has 6 nitrogen and oxygen atoms in total. The third-order valence-corrected chi connectivity index (χ3v) is 3.70. The van der Waals surface area contributed by atoms with Crippen LogP contribution in [0.5, 0.6) is 0 Å². The Balaban J connectivity index is 2.20. The number of rotatable bonds is 6. The lowest BCUT2D eigenvalue weighted by Gasteiger charge is -2.30. The maximum atomic E-state index is 11.3. The van der Waals surface area contributed by atoms with Gasteiger partial charge in [-0.1, -0.05) is 24.3 Å². The number of hydrogen-bond donors (Lipinski definition) is 2. The molecule has 2 aromatic rings. The first-order valence-electron chi connectivity index (χ1n) is 7.45. The van der Waals surface area contributed by atoms with E-state index in [1.54, 1.807) is 0 Å². The lowest BCUT2D eigenvalue weighted by atomic mass is 10.1. The summed E-state index contributed by atoms with van der Waals surface area (Å²) in [4.78, 5) is 13.7. The molecule has 3 N–H and O–H groups in total.